The summed E-state index contributed by atoms with van der Waals surface area (Å²) in [6.07, 6.45) is 2.38. The van der Waals surface area contributed by atoms with Crippen LogP contribution in [-0.2, 0) is 4.79 Å². The molecule has 0 heterocycles. The summed E-state index contributed by atoms with van der Waals surface area (Å²) in [5, 5.41) is 12.4. The van der Waals surface area contributed by atoms with Crippen LogP contribution in [0.15, 0.2) is 12.2 Å². The predicted molar refractivity (Wildman–Crippen MR) is 64.9 cm³/mol. The summed E-state index contributed by atoms with van der Waals surface area (Å²) in [7, 11) is 0. The molecule has 86 valence electrons. The fourth-order valence-electron chi connectivity index (χ4n) is 0.899. The van der Waals surface area contributed by atoms with E-state index in [1.165, 1.54) is 16.6 Å². The fraction of sp³-hybridized carbons (Fsp3) is 0.750. The van der Waals surface area contributed by atoms with Crippen LogP contribution >= 0.6 is 0 Å². The summed E-state index contributed by atoms with van der Waals surface area (Å²) >= 11 is 0.755. The summed E-state index contributed by atoms with van der Waals surface area (Å²) in [5.41, 5.74) is 0. The molecule has 2 nitrogen and oxygen atoms in total. The molecule has 0 aliphatic rings. The Morgan fingerprint density at radius 2 is 1.60 bits per heavy atom. The van der Waals surface area contributed by atoms with Crippen molar-refractivity contribution in [3.63, 3.8) is 0 Å². The Bertz CT molecular complexity index is 166. The standard InChI is InChI=1S/C4H6O2.2C4H9.Al/c1-2-3-4(5)6;2*1-4(2)3;/h2-3H,1H3,(H,5,6);2*4H,1H2,2-3H3;/q;;;+1/p-1. The first-order valence-electron chi connectivity index (χ1n) is 5.55. The molecule has 0 saturated heterocycles. The second kappa shape index (κ2) is 11.8. The fourth-order valence-corrected chi connectivity index (χ4v) is 2.42. The van der Waals surface area contributed by atoms with Crippen LogP contribution in [0.2, 0.25) is 10.6 Å². The molecule has 0 saturated carbocycles. The average molecular weight is 226 g/mol. The number of hydrogen-bond donors (Lipinski definition) is 0. The minimum Gasteiger partial charge on any atom is -0.545 e. The van der Waals surface area contributed by atoms with E-state index in [1.807, 2.05) is 0 Å². The van der Waals surface area contributed by atoms with Crippen LogP contribution in [0.4, 0.5) is 0 Å². The topological polar surface area (TPSA) is 40.1 Å². The zero-order valence-electron chi connectivity index (χ0n) is 10.6. The first-order chi connectivity index (χ1) is 6.90. The molecule has 0 amide bonds. The molecule has 0 aliphatic carbocycles. The van der Waals surface area contributed by atoms with Crippen molar-refractivity contribution in [3.05, 3.63) is 12.2 Å². The summed E-state index contributed by atoms with van der Waals surface area (Å²) in [5.74, 6) is 0.718. The first-order valence-corrected chi connectivity index (χ1v) is 7.18. The Labute approximate surface area is 100 Å². The number of allylic oxidation sites excluding steroid dienone is 1. The van der Waals surface area contributed by atoms with Gasteiger partial charge in [0, 0.05) is 0 Å². The van der Waals surface area contributed by atoms with Crippen LogP contribution in [0, 0.1) is 11.8 Å². The maximum absolute atomic E-state index is 9.40. The van der Waals surface area contributed by atoms with Crippen LogP contribution in [-0.4, -0.2) is 21.2 Å². The second-order valence-corrected chi connectivity index (χ2v) is 5.89. The van der Waals surface area contributed by atoms with Crippen LogP contribution < -0.4 is 5.11 Å². The van der Waals surface area contributed by atoms with E-state index in [0.717, 1.165) is 33.1 Å². The third-order valence-corrected chi connectivity index (χ3v) is 4.13. The van der Waals surface area contributed by atoms with Gasteiger partial charge in [0.05, 0.1) is 5.97 Å². The minimum absolute atomic E-state index is 0.755. The molecule has 0 N–H and O–H groups in total. The van der Waals surface area contributed by atoms with Gasteiger partial charge in [-0.25, -0.2) is 0 Å². The van der Waals surface area contributed by atoms with Gasteiger partial charge in [0.1, 0.15) is 0 Å². The molecule has 3 heteroatoms. The number of carboxylic acid groups (broad SMARTS) is 1. The SMILES string of the molecule is CC(C)[CH2][Al+][CH2]C(C)C.CC=CC(=O)[O-]. The molecular formula is C12H23AlO2. The Balaban J connectivity index is 0. The predicted octanol–water partition coefficient (Wildman–Crippen LogP) is 2.15. The van der Waals surface area contributed by atoms with Crippen molar-refractivity contribution in [1.82, 2.24) is 0 Å². The zero-order valence-corrected chi connectivity index (χ0v) is 11.8. The summed E-state index contributed by atoms with van der Waals surface area (Å²) < 4.78 is 0. The molecule has 0 aromatic rings. The Morgan fingerprint density at radius 3 is 1.73 bits per heavy atom. The number of aliphatic carboxylic acids is 1. The van der Waals surface area contributed by atoms with Gasteiger partial charge in [-0.15, -0.1) is 0 Å². The number of carbonyl (C=O) groups excluding carboxylic acids is 1. The third kappa shape index (κ3) is 24.8. The van der Waals surface area contributed by atoms with E-state index >= 15 is 0 Å². The van der Waals surface area contributed by atoms with Gasteiger partial charge in [0.15, 0.2) is 0 Å². The largest absolute Gasteiger partial charge is 0.545 e. The van der Waals surface area contributed by atoms with Gasteiger partial charge < -0.3 is 9.90 Å². The van der Waals surface area contributed by atoms with Gasteiger partial charge in [-0.2, -0.15) is 0 Å². The number of hydrogen-bond acceptors (Lipinski definition) is 2. The van der Waals surface area contributed by atoms with E-state index in [4.69, 9.17) is 0 Å². The van der Waals surface area contributed by atoms with Gasteiger partial charge in [-0.05, 0) is 13.0 Å². The van der Waals surface area contributed by atoms with Crippen molar-refractivity contribution in [2.24, 2.45) is 11.8 Å². The Morgan fingerprint density at radius 1 is 1.20 bits per heavy atom. The quantitative estimate of drug-likeness (QED) is 0.532. The smallest absolute Gasteiger partial charge is 0.0639 e. The van der Waals surface area contributed by atoms with Crippen LogP contribution in [0.1, 0.15) is 34.6 Å². The Kier molecular flexibility index (Phi) is 13.5. The maximum Gasteiger partial charge on any atom is 0.0639 e. The van der Waals surface area contributed by atoms with Crippen molar-refractivity contribution in [1.29, 1.82) is 0 Å². The molecule has 0 fully saturated rings. The van der Waals surface area contributed by atoms with E-state index in [2.05, 4.69) is 27.7 Å². The molecule has 0 aromatic heterocycles. The van der Waals surface area contributed by atoms with Crippen LogP contribution in [0.3, 0.4) is 0 Å². The summed E-state index contributed by atoms with van der Waals surface area (Å²) in [6, 6.07) is 0. The molecule has 0 rings (SSSR count). The monoisotopic (exact) mass is 226 g/mol. The first kappa shape index (κ1) is 17.1. The summed E-state index contributed by atoms with van der Waals surface area (Å²) in [4.78, 5) is 9.40. The van der Waals surface area contributed by atoms with Crippen LogP contribution in [0.5, 0.6) is 0 Å². The molecule has 0 bridgehead atoms. The molecule has 0 atom stereocenters. The van der Waals surface area contributed by atoms with Gasteiger partial charge in [-0.1, -0.05) is 6.08 Å². The van der Waals surface area contributed by atoms with E-state index in [1.54, 1.807) is 6.92 Å². The van der Waals surface area contributed by atoms with Gasteiger partial charge >= 0.3 is 65.3 Å². The second-order valence-electron chi connectivity index (χ2n) is 4.37. The van der Waals surface area contributed by atoms with E-state index < -0.39 is 5.97 Å². The number of rotatable bonds is 5. The van der Waals surface area contributed by atoms with Crippen LogP contribution in [0.25, 0.3) is 0 Å². The average Bonchev–Trinajstić information content (AvgIpc) is 2.03. The van der Waals surface area contributed by atoms with Gasteiger partial charge in [0.25, 0.3) is 0 Å². The van der Waals surface area contributed by atoms with E-state index in [-0.39, 0.29) is 0 Å². The summed E-state index contributed by atoms with van der Waals surface area (Å²) in [6.45, 7) is 10.9. The molecule has 0 aromatic carbocycles. The van der Waals surface area contributed by atoms with Gasteiger partial charge in [-0.3, -0.25) is 0 Å². The van der Waals surface area contributed by atoms with Crippen molar-refractivity contribution in [2.45, 2.75) is 45.2 Å². The maximum atomic E-state index is 9.40. The van der Waals surface area contributed by atoms with Crippen molar-refractivity contribution >= 4 is 21.2 Å². The normalized spacial score (nSPS) is 10.1. The molecular weight excluding hydrogens is 203 g/mol. The zero-order chi connectivity index (χ0) is 12.3. The third-order valence-electron chi connectivity index (χ3n) is 1.58. The van der Waals surface area contributed by atoms with E-state index in [0.29, 0.717) is 0 Å². The number of carboxylic acids is 1. The molecule has 0 unspecified atom stereocenters. The molecule has 0 radical (unpaired) electrons. The molecule has 15 heavy (non-hydrogen) atoms. The van der Waals surface area contributed by atoms with Crippen molar-refractivity contribution in [3.8, 4) is 0 Å². The van der Waals surface area contributed by atoms with Gasteiger partial charge in [0.2, 0.25) is 0 Å². The van der Waals surface area contributed by atoms with Crippen molar-refractivity contribution < 1.29 is 9.90 Å². The minimum atomic E-state index is -1.14. The molecule has 0 spiro atoms. The molecule has 0 aliphatic heterocycles. The van der Waals surface area contributed by atoms with Crippen molar-refractivity contribution in [2.75, 3.05) is 0 Å². The van der Waals surface area contributed by atoms with E-state index in [9.17, 15) is 9.90 Å². The number of carbonyl (C=O) groups is 1. The Hall–Kier alpha value is -0.258.